The Morgan fingerprint density at radius 3 is 2.00 bits per heavy atom. The highest BCUT2D eigenvalue weighted by atomic mass is 19.2. The van der Waals surface area contributed by atoms with Crippen molar-refractivity contribution in [2.24, 2.45) is 5.92 Å². The molecule has 1 aromatic carbocycles. The van der Waals surface area contributed by atoms with Gasteiger partial charge in [-0.15, -0.1) is 0 Å². The Hall–Kier alpha value is -1.03. The minimum absolute atomic E-state index is 0.151. The fourth-order valence-corrected chi connectivity index (χ4v) is 1.75. The molecule has 1 N–H and O–H groups in total. The van der Waals surface area contributed by atoms with Crippen LogP contribution >= 0.6 is 0 Å². The lowest BCUT2D eigenvalue weighted by molar-refractivity contribution is 0.431. The Balaban J connectivity index is 2.88. The van der Waals surface area contributed by atoms with Gasteiger partial charge in [0.15, 0.2) is 17.5 Å². The molecule has 17 heavy (non-hydrogen) atoms. The first-order valence-corrected chi connectivity index (χ1v) is 5.77. The van der Waals surface area contributed by atoms with Gasteiger partial charge in [0.25, 0.3) is 0 Å². The summed E-state index contributed by atoms with van der Waals surface area (Å²) in [6.45, 7) is 4.16. The fourth-order valence-electron chi connectivity index (χ4n) is 1.75. The molecule has 0 saturated carbocycles. The summed E-state index contributed by atoms with van der Waals surface area (Å²) in [5, 5.41) is 2.99. The molecule has 1 atom stereocenters. The van der Waals surface area contributed by atoms with Gasteiger partial charge < -0.3 is 5.32 Å². The van der Waals surface area contributed by atoms with Gasteiger partial charge in [0.2, 0.25) is 0 Å². The van der Waals surface area contributed by atoms with Crippen LogP contribution in [0.3, 0.4) is 0 Å². The van der Waals surface area contributed by atoms with E-state index in [0.29, 0.717) is 11.5 Å². The third kappa shape index (κ3) is 3.73. The second-order valence-corrected chi connectivity index (χ2v) is 4.61. The maximum atomic E-state index is 13.1. The second kappa shape index (κ2) is 6.05. The van der Waals surface area contributed by atoms with Crippen LogP contribution in [0.4, 0.5) is 13.2 Å². The molecule has 0 saturated heterocycles. The molecule has 96 valence electrons. The van der Waals surface area contributed by atoms with Crippen LogP contribution in [-0.2, 0) is 0 Å². The van der Waals surface area contributed by atoms with Crippen LogP contribution in [0, 0.1) is 23.4 Å². The summed E-state index contributed by atoms with van der Waals surface area (Å²) < 4.78 is 39.0. The molecule has 0 bridgehead atoms. The topological polar surface area (TPSA) is 12.0 Å². The van der Waals surface area contributed by atoms with Gasteiger partial charge in [0, 0.05) is 6.04 Å². The van der Waals surface area contributed by atoms with Crippen molar-refractivity contribution in [3.63, 3.8) is 0 Å². The monoisotopic (exact) mass is 245 g/mol. The molecule has 0 aliphatic carbocycles. The van der Waals surface area contributed by atoms with E-state index >= 15 is 0 Å². The lowest BCUT2D eigenvalue weighted by atomic mass is 9.97. The van der Waals surface area contributed by atoms with Crippen molar-refractivity contribution in [3.05, 3.63) is 35.1 Å². The zero-order valence-electron chi connectivity index (χ0n) is 10.4. The first-order chi connectivity index (χ1) is 7.95. The molecule has 0 heterocycles. The first-order valence-electron chi connectivity index (χ1n) is 5.77. The number of hydrogen-bond donors (Lipinski definition) is 1. The van der Waals surface area contributed by atoms with Gasteiger partial charge in [0.1, 0.15) is 0 Å². The van der Waals surface area contributed by atoms with Gasteiger partial charge in [-0.25, -0.2) is 13.2 Å². The minimum atomic E-state index is -1.41. The Morgan fingerprint density at radius 1 is 1.06 bits per heavy atom. The lowest BCUT2D eigenvalue weighted by Crippen LogP contribution is -2.17. The SMILES string of the molecule is CNC(CCC(C)C)c1cc(F)c(F)c(F)c1. The van der Waals surface area contributed by atoms with Crippen molar-refractivity contribution in [1.29, 1.82) is 0 Å². The fraction of sp³-hybridized carbons (Fsp3) is 0.538. The van der Waals surface area contributed by atoms with Crippen LogP contribution in [0.1, 0.15) is 38.3 Å². The molecule has 0 spiro atoms. The molecular weight excluding hydrogens is 227 g/mol. The Morgan fingerprint density at radius 2 is 1.59 bits per heavy atom. The Bertz CT molecular complexity index is 354. The molecule has 0 fully saturated rings. The first kappa shape index (κ1) is 14.0. The highest BCUT2D eigenvalue weighted by Crippen LogP contribution is 2.23. The molecule has 0 amide bonds. The Labute approximate surface area is 100 Å². The Kier molecular flexibility index (Phi) is 5.00. The summed E-state index contributed by atoms with van der Waals surface area (Å²) in [5.41, 5.74) is 0.449. The van der Waals surface area contributed by atoms with Crippen molar-refractivity contribution in [1.82, 2.24) is 5.32 Å². The van der Waals surface area contributed by atoms with Crippen LogP contribution in [0.2, 0.25) is 0 Å². The lowest BCUT2D eigenvalue weighted by Gasteiger charge is -2.18. The largest absolute Gasteiger partial charge is 0.313 e. The van der Waals surface area contributed by atoms with E-state index in [1.165, 1.54) is 0 Å². The van der Waals surface area contributed by atoms with Crippen LogP contribution in [0.15, 0.2) is 12.1 Å². The number of halogens is 3. The van der Waals surface area contributed by atoms with E-state index in [1.807, 2.05) is 0 Å². The molecule has 4 heteroatoms. The van der Waals surface area contributed by atoms with E-state index in [0.717, 1.165) is 25.0 Å². The number of rotatable bonds is 5. The predicted octanol–water partition coefficient (Wildman–Crippen LogP) is 3.80. The molecule has 0 aromatic heterocycles. The van der Waals surface area contributed by atoms with Crippen molar-refractivity contribution in [2.45, 2.75) is 32.7 Å². The van der Waals surface area contributed by atoms with E-state index in [4.69, 9.17) is 0 Å². The van der Waals surface area contributed by atoms with E-state index < -0.39 is 17.5 Å². The average Bonchev–Trinajstić information content (AvgIpc) is 2.26. The van der Waals surface area contributed by atoms with Crippen LogP contribution < -0.4 is 5.32 Å². The van der Waals surface area contributed by atoms with Crippen LogP contribution in [0.5, 0.6) is 0 Å². The molecular formula is C13H18F3N. The van der Waals surface area contributed by atoms with Gasteiger partial charge in [-0.2, -0.15) is 0 Å². The molecule has 1 aromatic rings. The van der Waals surface area contributed by atoms with Crippen molar-refractivity contribution < 1.29 is 13.2 Å². The summed E-state index contributed by atoms with van der Waals surface area (Å²) in [6.07, 6.45) is 1.70. The van der Waals surface area contributed by atoms with Crippen molar-refractivity contribution in [2.75, 3.05) is 7.05 Å². The zero-order chi connectivity index (χ0) is 13.0. The van der Waals surface area contributed by atoms with E-state index in [9.17, 15) is 13.2 Å². The van der Waals surface area contributed by atoms with Gasteiger partial charge in [-0.1, -0.05) is 13.8 Å². The van der Waals surface area contributed by atoms with E-state index in [-0.39, 0.29) is 6.04 Å². The maximum Gasteiger partial charge on any atom is 0.194 e. The molecule has 1 rings (SSSR count). The summed E-state index contributed by atoms with van der Waals surface area (Å²) in [4.78, 5) is 0. The quantitative estimate of drug-likeness (QED) is 0.778. The van der Waals surface area contributed by atoms with Gasteiger partial charge >= 0.3 is 0 Å². The minimum Gasteiger partial charge on any atom is -0.313 e. The summed E-state index contributed by atoms with van der Waals surface area (Å²) in [6, 6.07) is 1.96. The average molecular weight is 245 g/mol. The normalized spacial score (nSPS) is 13.1. The molecule has 1 unspecified atom stereocenters. The van der Waals surface area contributed by atoms with E-state index in [1.54, 1.807) is 7.05 Å². The molecule has 0 radical (unpaired) electrons. The zero-order valence-corrected chi connectivity index (χ0v) is 10.4. The summed E-state index contributed by atoms with van der Waals surface area (Å²) in [5.74, 6) is -3.16. The number of benzene rings is 1. The van der Waals surface area contributed by atoms with Gasteiger partial charge in [0.05, 0.1) is 0 Å². The second-order valence-electron chi connectivity index (χ2n) is 4.61. The summed E-state index contributed by atoms with van der Waals surface area (Å²) in [7, 11) is 1.73. The maximum absolute atomic E-state index is 13.1. The number of nitrogens with one attached hydrogen (secondary N) is 1. The van der Waals surface area contributed by atoms with Crippen molar-refractivity contribution >= 4 is 0 Å². The predicted molar refractivity (Wildman–Crippen MR) is 62.2 cm³/mol. The summed E-state index contributed by atoms with van der Waals surface area (Å²) >= 11 is 0. The van der Waals surface area contributed by atoms with Crippen molar-refractivity contribution in [3.8, 4) is 0 Å². The third-order valence-electron chi connectivity index (χ3n) is 2.79. The molecule has 1 nitrogen and oxygen atoms in total. The van der Waals surface area contributed by atoms with Crippen LogP contribution in [0.25, 0.3) is 0 Å². The van der Waals surface area contributed by atoms with Gasteiger partial charge in [-0.3, -0.25) is 0 Å². The van der Waals surface area contributed by atoms with Gasteiger partial charge in [-0.05, 0) is 43.5 Å². The molecule has 0 aliphatic heterocycles. The highest BCUT2D eigenvalue weighted by Gasteiger charge is 2.16. The third-order valence-corrected chi connectivity index (χ3v) is 2.79. The van der Waals surface area contributed by atoms with Crippen LogP contribution in [-0.4, -0.2) is 7.05 Å². The van der Waals surface area contributed by atoms with E-state index in [2.05, 4.69) is 19.2 Å². The smallest absolute Gasteiger partial charge is 0.194 e. The highest BCUT2D eigenvalue weighted by molar-refractivity contribution is 5.22. The standard InChI is InChI=1S/C13H18F3N/c1-8(2)4-5-12(17-3)9-6-10(14)13(16)11(15)7-9/h6-8,12,17H,4-5H2,1-3H3. The number of hydrogen-bond acceptors (Lipinski definition) is 1. The molecule has 0 aliphatic rings.